The molecule has 4 aliphatic heterocycles. The summed E-state index contributed by atoms with van der Waals surface area (Å²) < 4.78 is 0. The van der Waals surface area contributed by atoms with Gasteiger partial charge in [-0.05, 0) is 222 Å². The van der Waals surface area contributed by atoms with Crippen LogP contribution in [-0.2, 0) is 0 Å². The molecule has 8 heteroatoms. The van der Waals surface area contributed by atoms with Gasteiger partial charge in [0.25, 0.3) is 0 Å². The van der Waals surface area contributed by atoms with E-state index >= 15 is 0 Å². The summed E-state index contributed by atoms with van der Waals surface area (Å²) in [5.41, 5.74) is 31.0. The summed E-state index contributed by atoms with van der Waals surface area (Å²) in [5, 5.41) is 28.9. The molecule has 0 atom stereocenters. The van der Waals surface area contributed by atoms with Gasteiger partial charge in [-0.2, -0.15) is 10.5 Å². The van der Waals surface area contributed by atoms with Crippen LogP contribution < -0.4 is 42.6 Å². The number of nitrogens with zero attached hydrogens (tertiary/aromatic N) is 6. The number of anilines is 6. The fourth-order valence-electron chi connectivity index (χ4n) is 17.5. The van der Waals surface area contributed by atoms with Crippen LogP contribution in [0.15, 0.2) is 303 Å². The minimum atomic E-state index is -0.376. The number of benzene rings is 16. The van der Waals surface area contributed by atoms with E-state index in [1.807, 2.05) is 36.4 Å². The molecule has 0 bridgehead atoms. The molecule has 16 aromatic rings. The fraction of sp³-hybridized carbons (Fsp3) is 0. The van der Waals surface area contributed by atoms with Crippen molar-refractivity contribution in [2.24, 2.45) is 0 Å². The lowest BCUT2D eigenvalue weighted by atomic mass is 9.31. The Morgan fingerprint density at radius 2 is 0.660 bits per heavy atom. The van der Waals surface area contributed by atoms with Crippen molar-refractivity contribution in [3.05, 3.63) is 337 Å². The second kappa shape index (κ2) is 21.9. The molecule has 0 unspecified atom stereocenters. The monoisotopic (exact) mass is 1260 g/mol. The number of hydrogen-bond donors (Lipinski definition) is 0. The molecular formula is C92H50B2N6. The van der Waals surface area contributed by atoms with Crippen LogP contribution in [0.25, 0.3) is 131 Å². The maximum atomic E-state index is 11.5. The Morgan fingerprint density at radius 3 is 1.09 bits per heavy atom. The van der Waals surface area contributed by atoms with E-state index in [9.17, 15) is 10.5 Å². The molecule has 454 valence electrons. The van der Waals surface area contributed by atoms with Gasteiger partial charge in [-0.15, -0.1) is 0 Å². The summed E-state index contributed by atoms with van der Waals surface area (Å²) >= 11 is 0. The molecule has 0 spiro atoms. The van der Waals surface area contributed by atoms with Gasteiger partial charge in [0.15, 0.2) is 11.4 Å². The van der Waals surface area contributed by atoms with E-state index in [1.54, 1.807) is 0 Å². The normalized spacial score (nSPS) is 12.5. The van der Waals surface area contributed by atoms with E-state index in [4.69, 9.17) is 13.1 Å². The zero-order valence-corrected chi connectivity index (χ0v) is 53.7. The second-order valence-electron chi connectivity index (χ2n) is 26.4. The molecule has 16 aromatic carbocycles. The predicted octanol–water partition coefficient (Wildman–Crippen LogP) is 20.0. The molecule has 100 heavy (non-hydrogen) atoms. The third-order valence-corrected chi connectivity index (χ3v) is 21.4. The van der Waals surface area contributed by atoms with E-state index < -0.39 is 0 Å². The third-order valence-electron chi connectivity index (χ3n) is 21.4. The van der Waals surface area contributed by atoms with Crippen LogP contribution in [0.3, 0.4) is 0 Å². The van der Waals surface area contributed by atoms with Crippen molar-refractivity contribution in [1.29, 1.82) is 10.5 Å². The summed E-state index contributed by atoms with van der Waals surface area (Å²) in [6.07, 6.45) is 0. The topological polar surface area (TPSA) is 62.8 Å². The fourth-order valence-corrected chi connectivity index (χ4v) is 17.5. The third kappa shape index (κ3) is 8.11. The molecule has 4 heterocycles. The molecule has 0 aliphatic carbocycles. The average molecular weight is 1260 g/mol. The second-order valence-corrected chi connectivity index (χ2v) is 26.4. The molecule has 0 amide bonds. The van der Waals surface area contributed by atoms with Crippen molar-refractivity contribution in [2.45, 2.75) is 0 Å². The lowest BCUT2D eigenvalue weighted by Gasteiger charge is -2.42. The standard InChI is InChI=1S/C92H50B2N6/c1-97-61-40-42-78-82(47-61)100(64-33-19-8-20-34-64)83-45-56(54-96)43-75-71-49-69(85-65(57-23-9-3-10-24-57)35-21-36-66(85)58-25-11-4-12-26-58)73-52-80-88-72(76-46-62(98-2)48-84-92(76)93(80)77-41-39-55(53-95)44-81(77)99(84)63-31-17-7-18-32-63)50-70(74-51-79(94(78)91(75)83)87(71)89(73)90(74)88)86-67(59-27-13-5-14-28-59)37-22-38-68(86)60-29-15-6-16-30-60/h3-52H. The average Bonchev–Trinajstić information content (AvgIpc) is 0.663. The highest BCUT2D eigenvalue weighted by atomic mass is 15.2. The van der Waals surface area contributed by atoms with Gasteiger partial charge < -0.3 is 9.80 Å². The van der Waals surface area contributed by atoms with Gasteiger partial charge >= 0.3 is 0 Å². The molecule has 4 aliphatic rings. The summed E-state index contributed by atoms with van der Waals surface area (Å²) in [6.45, 7) is 16.8. The minimum Gasteiger partial charge on any atom is -0.313 e. The summed E-state index contributed by atoms with van der Waals surface area (Å²) in [7, 11) is 0. The summed E-state index contributed by atoms with van der Waals surface area (Å²) in [4.78, 5) is 13.0. The predicted molar refractivity (Wildman–Crippen MR) is 414 cm³/mol. The first kappa shape index (κ1) is 56.6. The van der Waals surface area contributed by atoms with Crippen molar-refractivity contribution >= 4 is 124 Å². The summed E-state index contributed by atoms with van der Waals surface area (Å²) in [6, 6.07) is 113. The number of para-hydroxylation sites is 2. The van der Waals surface area contributed by atoms with Gasteiger partial charge in [-0.3, -0.25) is 0 Å². The molecule has 0 aromatic heterocycles. The van der Waals surface area contributed by atoms with Gasteiger partial charge in [0.1, 0.15) is 0 Å². The summed E-state index contributed by atoms with van der Waals surface area (Å²) in [5.74, 6) is 0. The Bertz CT molecular complexity index is 5880. The molecule has 6 nitrogen and oxygen atoms in total. The number of rotatable bonds is 8. The first-order valence-corrected chi connectivity index (χ1v) is 33.7. The molecule has 0 fully saturated rings. The number of nitriles is 2. The van der Waals surface area contributed by atoms with E-state index in [-0.39, 0.29) is 13.4 Å². The van der Waals surface area contributed by atoms with Crippen molar-refractivity contribution in [2.75, 3.05) is 9.80 Å². The van der Waals surface area contributed by atoms with Crippen LogP contribution in [0, 0.1) is 35.8 Å². The Hall–Kier alpha value is -13.8. The largest absolute Gasteiger partial charge is 0.313 e. The molecule has 0 saturated heterocycles. The van der Waals surface area contributed by atoms with Crippen LogP contribution in [0.5, 0.6) is 0 Å². The van der Waals surface area contributed by atoms with E-state index in [0.29, 0.717) is 22.5 Å². The van der Waals surface area contributed by atoms with Crippen molar-refractivity contribution in [3.63, 3.8) is 0 Å². The quantitative estimate of drug-likeness (QED) is 0.0864. The molecule has 0 radical (unpaired) electrons. The highest BCUT2D eigenvalue weighted by Crippen LogP contribution is 2.56. The Labute approximate surface area is 579 Å². The van der Waals surface area contributed by atoms with E-state index in [0.717, 1.165) is 188 Å². The first-order chi connectivity index (χ1) is 49.5. The van der Waals surface area contributed by atoms with Crippen molar-refractivity contribution < 1.29 is 0 Å². The van der Waals surface area contributed by atoms with Gasteiger partial charge in [0, 0.05) is 34.1 Å². The molecule has 0 saturated carbocycles. The van der Waals surface area contributed by atoms with Crippen molar-refractivity contribution in [3.8, 4) is 101 Å². The highest BCUT2D eigenvalue weighted by Gasteiger charge is 2.46. The Kier molecular flexibility index (Phi) is 12.4. The number of hydrogen-bond acceptors (Lipinski definition) is 4. The SMILES string of the molecule is [C-]#[N+]c1ccc2c(c1)N(c1ccccc1)c1cc(C#N)cc3c1B2c1cc2c(-c4c(-c5ccccc5)cccc4-c4ccccc4)cc4c5c(cc6c(-c7c(-c8ccccc8)cccc7-c7ccccc7)cc-3c1c6c25)B1c2ccc(C#N)cc2N(c2ccccc2)c2cc([N+]#[C-])cc-4c21. The maximum Gasteiger partial charge on any atom is 0.248 e. The van der Waals surface area contributed by atoms with Gasteiger partial charge in [-0.25, -0.2) is 9.69 Å². The zero-order valence-electron chi connectivity index (χ0n) is 53.7. The lowest BCUT2D eigenvalue weighted by molar-refractivity contribution is 1.29. The zero-order chi connectivity index (χ0) is 66.4. The first-order valence-electron chi connectivity index (χ1n) is 33.7. The van der Waals surface area contributed by atoms with Crippen LogP contribution in [-0.4, -0.2) is 13.4 Å². The van der Waals surface area contributed by atoms with Gasteiger partial charge in [-0.1, -0.05) is 235 Å². The molecule has 20 rings (SSSR count). The van der Waals surface area contributed by atoms with Crippen LogP contribution in [0.4, 0.5) is 45.5 Å². The van der Waals surface area contributed by atoms with Gasteiger partial charge in [0.05, 0.1) is 36.4 Å². The van der Waals surface area contributed by atoms with E-state index in [1.165, 1.54) is 0 Å². The van der Waals surface area contributed by atoms with Crippen LogP contribution >= 0.6 is 0 Å². The van der Waals surface area contributed by atoms with E-state index in [2.05, 4.69) is 299 Å². The minimum absolute atomic E-state index is 0.375. The molecule has 0 N–H and O–H groups in total. The van der Waals surface area contributed by atoms with Crippen LogP contribution in [0.2, 0.25) is 0 Å². The molecular weight excluding hydrogens is 1210 g/mol. The van der Waals surface area contributed by atoms with Gasteiger partial charge in [0.2, 0.25) is 13.4 Å². The van der Waals surface area contributed by atoms with Crippen LogP contribution in [0.1, 0.15) is 11.1 Å². The van der Waals surface area contributed by atoms with Crippen molar-refractivity contribution in [1.82, 2.24) is 0 Å². The number of fused-ring (bicyclic) bond motifs is 8. The Morgan fingerprint density at radius 1 is 0.280 bits per heavy atom. The lowest BCUT2D eigenvalue weighted by Crippen LogP contribution is -2.60. The smallest absolute Gasteiger partial charge is 0.248 e. The Balaban J connectivity index is 1.06. The highest BCUT2D eigenvalue weighted by molar-refractivity contribution is 7.02. The maximum absolute atomic E-state index is 11.5.